The van der Waals surface area contributed by atoms with E-state index in [1.54, 1.807) is 0 Å². The van der Waals surface area contributed by atoms with Gasteiger partial charge >= 0.3 is 16.5 Å². The quantitative estimate of drug-likeness (QED) is 0.509. The molecular weight excluding hydrogens is 262 g/mol. The Labute approximate surface area is 124 Å². The molecule has 2 heteroatoms. The molecule has 1 radical (unpaired) electrons. The predicted molar refractivity (Wildman–Crippen MR) is 82.0 cm³/mol. The van der Waals surface area contributed by atoms with Gasteiger partial charge in [0.2, 0.25) is 0 Å². The molecular formula is C16H22BNi. The van der Waals surface area contributed by atoms with E-state index in [0.717, 1.165) is 18.3 Å². The van der Waals surface area contributed by atoms with Gasteiger partial charge in [-0.15, -0.1) is 0 Å². The van der Waals surface area contributed by atoms with Gasteiger partial charge in [0.05, 0.1) is 0 Å². The molecule has 0 amide bonds. The summed E-state index contributed by atoms with van der Waals surface area (Å²) in [5.74, 6) is 0. The van der Waals surface area contributed by atoms with Crippen LogP contribution in [0.1, 0.15) is 26.7 Å². The second-order valence-electron chi connectivity index (χ2n) is 3.64. The van der Waals surface area contributed by atoms with Crippen LogP contribution in [-0.2, 0) is 16.5 Å². The van der Waals surface area contributed by atoms with Crippen LogP contribution >= 0.6 is 0 Å². The first kappa shape index (κ1) is 19.6. The van der Waals surface area contributed by atoms with E-state index in [1.165, 1.54) is 10.8 Å². The van der Waals surface area contributed by atoms with Gasteiger partial charge in [-0.3, -0.25) is 0 Å². The minimum atomic E-state index is 0. The average Bonchev–Trinajstić information content (AvgIpc) is 2.32. The molecule has 18 heavy (non-hydrogen) atoms. The van der Waals surface area contributed by atoms with Crippen LogP contribution in [0, 0.1) is 13.8 Å². The van der Waals surface area contributed by atoms with Gasteiger partial charge in [0.15, 0.2) is 0 Å². The zero-order valence-corrected chi connectivity index (χ0v) is 12.4. The molecule has 0 aromatic heterocycles. The molecule has 0 saturated heterocycles. The van der Waals surface area contributed by atoms with Gasteiger partial charge in [0, 0.05) is 0 Å². The van der Waals surface area contributed by atoms with E-state index >= 15 is 0 Å². The van der Waals surface area contributed by atoms with Crippen LogP contribution in [0.4, 0.5) is 0 Å². The molecule has 2 aromatic carbocycles. The smallest absolute Gasteiger partial charge is 0.344 e. The summed E-state index contributed by atoms with van der Waals surface area (Å²) in [6.07, 6.45) is 2.00. The van der Waals surface area contributed by atoms with E-state index in [0.29, 0.717) is 0 Å². The van der Waals surface area contributed by atoms with Crippen molar-refractivity contribution in [3.05, 3.63) is 56.3 Å². The molecule has 0 nitrogen and oxygen atoms in total. The van der Waals surface area contributed by atoms with Crippen LogP contribution in [0.2, 0.25) is 0 Å². The molecule has 2 rings (SSSR count). The Bertz CT molecular complexity index is 405. The Morgan fingerprint density at radius 1 is 0.889 bits per heavy atom. The van der Waals surface area contributed by atoms with E-state index < -0.39 is 0 Å². The first-order valence-electron chi connectivity index (χ1n) is 6.09. The third kappa shape index (κ3) is 7.56. The topological polar surface area (TPSA) is 0 Å². The predicted octanol–water partition coefficient (Wildman–Crippen LogP) is 3.82. The van der Waals surface area contributed by atoms with Gasteiger partial charge in [0.25, 0.3) is 0 Å². The third-order valence-electron chi connectivity index (χ3n) is 1.88. The fourth-order valence-corrected chi connectivity index (χ4v) is 1.29. The van der Waals surface area contributed by atoms with Crippen LogP contribution in [0.15, 0.2) is 42.5 Å². The molecule has 0 heterocycles. The SMILES string of the molecule is [BH]c1cccc2ccccc12.[CH2-]CC.[CH2-]CC.[Ni+2]. The molecule has 0 bridgehead atoms. The first-order valence-corrected chi connectivity index (χ1v) is 6.09. The van der Waals surface area contributed by atoms with Crippen LogP contribution in [0.25, 0.3) is 10.8 Å². The Hall–Kier alpha value is -0.742. The van der Waals surface area contributed by atoms with Crippen LogP contribution < -0.4 is 5.46 Å². The molecule has 0 aliphatic heterocycles. The number of hydrogen-bond acceptors (Lipinski definition) is 0. The Morgan fingerprint density at radius 3 is 1.83 bits per heavy atom. The minimum absolute atomic E-state index is 0. The average molecular weight is 284 g/mol. The van der Waals surface area contributed by atoms with Crippen LogP contribution in [-0.4, -0.2) is 7.85 Å². The minimum Gasteiger partial charge on any atom is -0.344 e. The second kappa shape index (κ2) is 12.7. The molecule has 0 spiro atoms. The number of hydrogen-bond donors (Lipinski definition) is 0. The summed E-state index contributed by atoms with van der Waals surface area (Å²) in [4.78, 5) is 0. The van der Waals surface area contributed by atoms with Crippen molar-refractivity contribution in [1.82, 2.24) is 0 Å². The molecule has 0 unspecified atom stereocenters. The van der Waals surface area contributed by atoms with Crippen molar-refractivity contribution in [3.8, 4) is 0 Å². The van der Waals surface area contributed by atoms with Crippen molar-refractivity contribution in [2.24, 2.45) is 0 Å². The maximum atomic E-state index is 3.95. The zero-order valence-electron chi connectivity index (χ0n) is 11.4. The van der Waals surface area contributed by atoms with Crippen molar-refractivity contribution in [2.45, 2.75) is 26.7 Å². The van der Waals surface area contributed by atoms with Gasteiger partial charge in [-0.05, 0) is 10.8 Å². The molecule has 0 saturated carbocycles. The third-order valence-corrected chi connectivity index (χ3v) is 1.88. The zero-order chi connectivity index (χ0) is 13.1. The van der Waals surface area contributed by atoms with E-state index in [4.69, 9.17) is 0 Å². The molecule has 0 N–H and O–H groups in total. The summed E-state index contributed by atoms with van der Waals surface area (Å²) in [6.45, 7) is 11.0. The normalized spacial score (nSPS) is 8.22. The van der Waals surface area contributed by atoms with E-state index in [1.807, 2.05) is 38.1 Å². The van der Waals surface area contributed by atoms with Gasteiger partial charge in [-0.25, -0.2) is 0 Å². The maximum absolute atomic E-state index is 3.95. The Kier molecular flexibility index (Phi) is 13.8. The first-order chi connectivity index (χ1) is 8.21. The monoisotopic (exact) mass is 283 g/mol. The largest absolute Gasteiger partial charge is 2.00 e. The number of benzene rings is 2. The summed E-state index contributed by atoms with van der Waals surface area (Å²) in [5.41, 5.74) is 1.10. The summed E-state index contributed by atoms with van der Waals surface area (Å²) >= 11 is 0. The van der Waals surface area contributed by atoms with Gasteiger partial charge in [-0.2, -0.15) is 12.8 Å². The molecule has 0 atom stereocenters. The standard InChI is InChI=1S/C10H8B.2C3H7.Ni/c11-10-7-3-5-8-4-1-2-6-9(8)10;2*1-3-2;/h1-7,11H;2*1,3H2,2H3;/q;2*-1;+2. The van der Waals surface area contributed by atoms with Gasteiger partial charge in [-0.1, -0.05) is 61.8 Å². The molecule has 0 aliphatic rings. The van der Waals surface area contributed by atoms with Crippen molar-refractivity contribution < 1.29 is 16.5 Å². The van der Waals surface area contributed by atoms with Crippen molar-refractivity contribution >= 4 is 24.1 Å². The van der Waals surface area contributed by atoms with Gasteiger partial charge in [0.1, 0.15) is 7.85 Å². The van der Waals surface area contributed by atoms with Crippen molar-refractivity contribution in [1.29, 1.82) is 0 Å². The van der Waals surface area contributed by atoms with E-state index in [2.05, 4.69) is 39.9 Å². The van der Waals surface area contributed by atoms with Crippen LogP contribution in [0.3, 0.4) is 0 Å². The number of rotatable bonds is 0. The van der Waals surface area contributed by atoms with Crippen molar-refractivity contribution in [3.63, 3.8) is 0 Å². The molecule has 99 valence electrons. The molecule has 0 aliphatic carbocycles. The Balaban J connectivity index is 0. The van der Waals surface area contributed by atoms with Crippen molar-refractivity contribution in [2.75, 3.05) is 0 Å². The Morgan fingerprint density at radius 2 is 1.33 bits per heavy atom. The number of fused-ring (bicyclic) bond motifs is 1. The van der Waals surface area contributed by atoms with E-state index in [9.17, 15) is 0 Å². The molecule has 0 fully saturated rings. The summed E-state index contributed by atoms with van der Waals surface area (Å²) in [6, 6.07) is 14.4. The summed E-state index contributed by atoms with van der Waals surface area (Å²) < 4.78 is 0. The maximum Gasteiger partial charge on any atom is 2.00 e. The molecule has 2 aromatic rings. The fourth-order valence-electron chi connectivity index (χ4n) is 1.29. The van der Waals surface area contributed by atoms with E-state index in [-0.39, 0.29) is 16.5 Å². The van der Waals surface area contributed by atoms with Crippen LogP contribution in [0.5, 0.6) is 0 Å². The fraction of sp³-hybridized carbons (Fsp3) is 0.250. The summed E-state index contributed by atoms with van der Waals surface area (Å²) in [7, 11) is 3.95. The second-order valence-corrected chi connectivity index (χ2v) is 3.64. The summed E-state index contributed by atoms with van der Waals surface area (Å²) in [5, 5.41) is 2.51. The van der Waals surface area contributed by atoms with Gasteiger partial charge < -0.3 is 13.8 Å².